The molecular formula is C19H21ClN2O3S. The van der Waals surface area contributed by atoms with Gasteiger partial charge in [0.25, 0.3) is 0 Å². The van der Waals surface area contributed by atoms with E-state index < -0.39 is 10.0 Å². The first-order valence-corrected chi connectivity index (χ1v) is 10.0. The van der Waals surface area contributed by atoms with Crippen molar-refractivity contribution in [3.8, 4) is 0 Å². The molecular weight excluding hydrogens is 372 g/mol. The van der Waals surface area contributed by atoms with Gasteiger partial charge in [-0.2, -0.15) is 0 Å². The van der Waals surface area contributed by atoms with Crippen molar-refractivity contribution in [3.05, 3.63) is 75.7 Å². The number of hydrogen-bond acceptors (Lipinski definition) is 3. The molecule has 0 heterocycles. The molecule has 0 spiro atoms. The van der Waals surface area contributed by atoms with Crippen molar-refractivity contribution in [2.24, 2.45) is 0 Å². The van der Waals surface area contributed by atoms with Crippen LogP contribution in [-0.2, 0) is 21.2 Å². The predicted octanol–water partition coefficient (Wildman–Crippen LogP) is 2.90. The van der Waals surface area contributed by atoms with Gasteiger partial charge in [0.1, 0.15) is 0 Å². The minimum Gasteiger partial charge on any atom is -0.355 e. The number of nitrogens with one attached hydrogen (secondary N) is 2. The van der Waals surface area contributed by atoms with E-state index in [-0.39, 0.29) is 12.5 Å². The molecule has 0 aliphatic carbocycles. The lowest BCUT2D eigenvalue weighted by atomic mass is 10.1. The molecule has 0 atom stereocenters. The highest BCUT2D eigenvalue weighted by molar-refractivity contribution is 7.92. The number of carbonyl (C=O) groups is 1. The summed E-state index contributed by atoms with van der Waals surface area (Å²) in [6.07, 6.45) is 2.10. The zero-order valence-electron chi connectivity index (χ0n) is 14.4. The van der Waals surface area contributed by atoms with Gasteiger partial charge in [0.2, 0.25) is 15.9 Å². The third-order valence-electron chi connectivity index (χ3n) is 3.58. The van der Waals surface area contributed by atoms with Crippen molar-refractivity contribution in [1.82, 2.24) is 10.0 Å². The van der Waals surface area contributed by atoms with Crippen LogP contribution in [-0.4, -0.2) is 27.4 Å². The van der Waals surface area contributed by atoms with Crippen LogP contribution in [0.4, 0.5) is 0 Å². The van der Waals surface area contributed by atoms with Crippen LogP contribution in [0.25, 0.3) is 6.08 Å². The van der Waals surface area contributed by atoms with E-state index in [1.807, 2.05) is 49.4 Å². The number of sulfonamides is 1. The van der Waals surface area contributed by atoms with E-state index >= 15 is 0 Å². The maximum absolute atomic E-state index is 11.9. The Balaban J connectivity index is 1.75. The Kier molecular flexibility index (Phi) is 7.38. The van der Waals surface area contributed by atoms with Crippen molar-refractivity contribution in [2.75, 3.05) is 13.1 Å². The van der Waals surface area contributed by atoms with Crippen LogP contribution < -0.4 is 10.0 Å². The van der Waals surface area contributed by atoms with Crippen molar-refractivity contribution in [2.45, 2.75) is 13.3 Å². The topological polar surface area (TPSA) is 75.3 Å². The average Bonchev–Trinajstić information content (AvgIpc) is 2.60. The van der Waals surface area contributed by atoms with Gasteiger partial charge in [-0.25, -0.2) is 13.1 Å². The zero-order chi connectivity index (χ0) is 19.0. The van der Waals surface area contributed by atoms with Gasteiger partial charge in [0.15, 0.2) is 0 Å². The molecule has 0 radical (unpaired) electrons. The molecule has 0 saturated carbocycles. The normalized spacial score (nSPS) is 11.6. The van der Waals surface area contributed by atoms with Gasteiger partial charge in [-0.1, -0.05) is 53.6 Å². The molecule has 2 rings (SSSR count). The van der Waals surface area contributed by atoms with Gasteiger partial charge >= 0.3 is 0 Å². The third-order valence-corrected chi connectivity index (χ3v) is 4.85. The van der Waals surface area contributed by atoms with Crippen LogP contribution in [0.1, 0.15) is 16.7 Å². The third kappa shape index (κ3) is 7.39. The molecule has 0 saturated heterocycles. The summed E-state index contributed by atoms with van der Waals surface area (Å²) in [6.45, 7) is 2.05. The largest absolute Gasteiger partial charge is 0.355 e. The van der Waals surface area contributed by atoms with Crippen molar-refractivity contribution >= 4 is 33.6 Å². The molecule has 0 aromatic heterocycles. The lowest BCUT2D eigenvalue weighted by Crippen LogP contribution is -2.36. The van der Waals surface area contributed by atoms with Gasteiger partial charge < -0.3 is 5.32 Å². The first kappa shape index (κ1) is 20.2. The summed E-state index contributed by atoms with van der Waals surface area (Å²) in [7, 11) is -3.68. The van der Waals surface area contributed by atoms with E-state index in [9.17, 15) is 13.2 Å². The molecule has 2 aromatic rings. The molecule has 0 aliphatic heterocycles. The lowest BCUT2D eigenvalue weighted by Gasteiger charge is -2.06. The molecule has 26 heavy (non-hydrogen) atoms. The first-order valence-electron chi connectivity index (χ1n) is 8.10. The van der Waals surface area contributed by atoms with E-state index in [4.69, 9.17) is 11.6 Å². The summed E-state index contributed by atoms with van der Waals surface area (Å²) < 4.78 is 26.1. The second-order valence-electron chi connectivity index (χ2n) is 5.81. The molecule has 7 heteroatoms. The fourth-order valence-electron chi connectivity index (χ4n) is 2.16. The highest BCUT2D eigenvalue weighted by atomic mass is 35.5. The van der Waals surface area contributed by atoms with Gasteiger partial charge in [0.05, 0.1) is 6.54 Å². The lowest BCUT2D eigenvalue weighted by molar-refractivity contribution is -0.119. The summed E-state index contributed by atoms with van der Waals surface area (Å²) in [5.74, 6) is -0.390. The highest BCUT2D eigenvalue weighted by Gasteiger charge is 2.08. The van der Waals surface area contributed by atoms with E-state index in [1.165, 1.54) is 6.08 Å². The molecule has 2 aromatic carbocycles. The standard InChI is InChI=1S/C19H21ClN2O3S/c1-15-5-7-16(8-6-15)10-12-26(24,25)22-14-19(23)21-11-9-17-3-2-4-18(20)13-17/h2-8,10,12-13,22H,9,11,14H2,1H3,(H,21,23)/b12-10+. The van der Waals surface area contributed by atoms with Crippen molar-refractivity contribution in [1.29, 1.82) is 0 Å². The number of benzene rings is 2. The minimum absolute atomic E-state index is 0.309. The first-order chi connectivity index (χ1) is 12.3. The SMILES string of the molecule is Cc1ccc(/C=C/S(=O)(=O)NCC(=O)NCCc2cccc(Cl)c2)cc1. The van der Waals surface area contributed by atoms with Crippen molar-refractivity contribution in [3.63, 3.8) is 0 Å². The molecule has 0 unspecified atom stereocenters. The van der Waals surface area contributed by atoms with Gasteiger partial charge in [-0.15, -0.1) is 0 Å². The minimum atomic E-state index is -3.68. The summed E-state index contributed by atoms with van der Waals surface area (Å²) in [6, 6.07) is 14.8. The predicted molar refractivity (Wildman–Crippen MR) is 105 cm³/mol. The fourth-order valence-corrected chi connectivity index (χ4v) is 3.14. The van der Waals surface area contributed by atoms with E-state index in [1.54, 1.807) is 6.07 Å². The Morgan fingerprint density at radius 1 is 1.15 bits per heavy atom. The van der Waals surface area contributed by atoms with Crippen LogP contribution >= 0.6 is 11.6 Å². The Bertz CT molecular complexity index is 878. The molecule has 1 amide bonds. The second kappa shape index (κ2) is 9.52. The van der Waals surface area contributed by atoms with Gasteiger partial charge in [0, 0.05) is 17.0 Å². The van der Waals surface area contributed by atoms with Crippen LogP contribution in [0.2, 0.25) is 5.02 Å². The fraction of sp³-hybridized carbons (Fsp3) is 0.211. The molecule has 5 nitrogen and oxygen atoms in total. The van der Waals surface area contributed by atoms with E-state index in [0.29, 0.717) is 18.0 Å². The maximum atomic E-state index is 11.9. The Hall–Kier alpha value is -2.15. The van der Waals surface area contributed by atoms with Gasteiger partial charge in [-0.3, -0.25) is 4.79 Å². The molecule has 2 N–H and O–H groups in total. The summed E-state index contributed by atoms with van der Waals surface area (Å²) >= 11 is 5.90. The van der Waals surface area contributed by atoms with E-state index in [0.717, 1.165) is 22.1 Å². The van der Waals surface area contributed by atoms with Crippen molar-refractivity contribution < 1.29 is 13.2 Å². The summed E-state index contributed by atoms with van der Waals surface area (Å²) in [5, 5.41) is 4.36. The van der Waals surface area contributed by atoms with Crippen LogP contribution in [0.5, 0.6) is 0 Å². The Morgan fingerprint density at radius 3 is 2.58 bits per heavy atom. The molecule has 138 valence electrons. The Morgan fingerprint density at radius 2 is 1.88 bits per heavy atom. The number of hydrogen-bond donors (Lipinski definition) is 2. The number of aryl methyl sites for hydroxylation is 1. The van der Waals surface area contributed by atoms with Crippen LogP contribution in [0.15, 0.2) is 53.9 Å². The van der Waals surface area contributed by atoms with Crippen LogP contribution in [0.3, 0.4) is 0 Å². The quantitative estimate of drug-likeness (QED) is 0.725. The zero-order valence-corrected chi connectivity index (χ0v) is 16.0. The monoisotopic (exact) mass is 392 g/mol. The average molecular weight is 393 g/mol. The second-order valence-corrected chi connectivity index (χ2v) is 7.90. The van der Waals surface area contributed by atoms with Crippen LogP contribution in [0, 0.1) is 6.92 Å². The number of rotatable bonds is 8. The Labute approximate surface area is 159 Å². The smallest absolute Gasteiger partial charge is 0.235 e. The summed E-state index contributed by atoms with van der Waals surface area (Å²) in [5.41, 5.74) is 2.86. The number of carbonyl (C=O) groups excluding carboxylic acids is 1. The summed E-state index contributed by atoms with van der Waals surface area (Å²) in [4.78, 5) is 11.8. The maximum Gasteiger partial charge on any atom is 0.235 e. The number of halogens is 1. The highest BCUT2D eigenvalue weighted by Crippen LogP contribution is 2.10. The number of amides is 1. The van der Waals surface area contributed by atoms with Gasteiger partial charge in [-0.05, 0) is 42.7 Å². The van der Waals surface area contributed by atoms with E-state index in [2.05, 4.69) is 10.0 Å². The molecule has 0 aliphatic rings. The molecule has 0 bridgehead atoms. The molecule has 0 fully saturated rings.